The smallest absolute Gasteiger partial charge is 0.259 e. The van der Waals surface area contributed by atoms with E-state index in [1.165, 1.54) is 11.3 Å². The van der Waals surface area contributed by atoms with Gasteiger partial charge in [-0.25, -0.2) is 0 Å². The van der Waals surface area contributed by atoms with Crippen LogP contribution in [0.3, 0.4) is 0 Å². The Balaban J connectivity index is 1.91. The number of piperidine rings is 1. The van der Waals surface area contributed by atoms with Gasteiger partial charge in [0, 0.05) is 23.7 Å². The van der Waals surface area contributed by atoms with Crippen molar-refractivity contribution in [1.82, 2.24) is 4.90 Å². The molecular formula is C20H26N2O2S. The topological polar surface area (TPSA) is 63.4 Å². The Kier molecular flexibility index (Phi) is 5.42. The molecule has 2 amide bonds. The van der Waals surface area contributed by atoms with Crippen molar-refractivity contribution >= 4 is 33.2 Å². The Morgan fingerprint density at radius 2 is 2.04 bits per heavy atom. The molecule has 1 aromatic heterocycles. The zero-order valence-electron chi connectivity index (χ0n) is 15.0. The zero-order valence-corrected chi connectivity index (χ0v) is 15.8. The van der Waals surface area contributed by atoms with Crippen molar-refractivity contribution < 1.29 is 9.59 Å². The summed E-state index contributed by atoms with van der Waals surface area (Å²) < 4.78 is 1.09. The van der Waals surface area contributed by atoms with E-state index in [9.17, 15) is 9.59 Å². The first-order valence-corrected chi connectivity index (χ1v) is 9.88. The molecule has 5 heteroatoms. The minimum absolute atomic E-state index is 0.163. The molecule has 1 atom stereocenters. The molecule has 0 radical (unpaired) electrons. The van der Waals surface area contributed by atoms with E-state index < -0.39 is 0 Å². The molecule has 2 N–H and O–H groups in total. The summed E-state index contributed by atoms with van der Waals surface area (Å²) in [7, 11) is 0. The summed E-state index contributed by atoms with van der Waals surface area (Å²) in [6.07, 6.45) is 4.49. The van der Waals surface area contributed by atoms with Crippen molar-refractivity contribution in [2.45, 2.75) is 52.0 Å². The fourth-order valence-electron chi connectivity index (χ4n) is 3.74. The van der Waals surface area contributed by atoms with Gasteiger partial charge in [-0.15, -0.1) is 11.3 Å². The third kappa shape index (κ3) is 3.87. The lowest BCUT2D eigenvalue weighted by Crippen LogP contribution is -2.45. The molecule has 3 rings (SSSR count). The molecule has 0 saturated carbocycles. The van der Waals surface area contributed by atoms with E-state index in [-0.39, 0.29) is 17.9 Å². The second-order valence-corrected chi connectivity index (χ2v) is 8.36. The van der Waals surface area contributed by atoms with E-state index in [1.807, 2.05) is 23.1 Å². The number of nitrogens with zero attached hydrogens (tertiary/aromatic N) is 1. The maximum absolute atomic E-state index is 12.7. The van der Waals surface area contributed by atoms with Crippen LogP contribution in [0.15, 0.2) is 24.3 Å². The largest absolute Gasteiger partial charge is 0.365 e. The lowest BCUT2D eigenvalue weighted by atomic mass is 9.93. The average Bonchev–Trinajstić information content (AvgIpc) is 2.94. The molecule has 1 aliphatic heterocycles. The highest BCUT2D eigenvalue weighted by Crippen LogP contribution is 2.34. The molecule has 1 aromatic carbocycles. The summed E-state index contributed by atoms with van der Waals surface area (Å²) in [6, 6.07) is 8.21. The normalized spacial score (nSPS) is 18.0. The monoisotopic (exact) mass is 358 g/mol. The number of likely N-dealkylation sites (tertiary alicyclic amines) is 1. The van der Waals surface area contributed by atoms with Gasteiger partial charge in [-0.2, -0.15) is 0 Å². The van der Waals surface area contributed by atoms with Gasteiger partial charge in [-0.1, -0.05) is 32.0 Å². The van der Waals surface area contributed by atoms with Crippen LogP contribution in [0, 0.1) is 5.92 Å². The number of carbonyl (C=O) groups excluding carboxylic acids is 2. The van der Waals surface area contributed by atoms with Crippen molar-refractivity contribution in [2.75, 3.05) is 6.54 Å². The van der Waals surface area contributed by atoms with E-state index in [2.05, 4.69) is 19.9 Å². The van der Waals surface area contributed by atoms with Gasteiger partial charge in [-0.3, -0.25) is 9.59 Å². The van der Waals surface area contributed by atoms with Crippen LogP contribution in [0.5, 0.6) is 0 Å². The van der Waals surface area contributed by atoms with Crippen LogP contribution in [-0.4, -0.2) is 29.3 Å². The van der Waals surface area contributed by atoms with Crippen LogP contribution in [0.2, 0.25) is 0 Å². The predicted octanol–water partition coefficient (Wildman–Crippen LogP) is 3.97. The number of carbonyl (C=O) groups is 2. The Morgan fingerprint density at radius 1 is 1.28 bits per heavy atom. The Bertz CT molecular complexity index is 781. The number of hydrogen-bond acceptors (Lipinski definition) is 3. The molecule has 1 fully saturated rings. The van der Waals surface area contributed by atoms with Crippen LogP contribution in [0.25, 0.3) is 10.1 Å². The first kappa shape index (κ1) is 17.9. The highest BCUT2D eigenvalue weighted by atomic mass is 32.1. The molecular weight excluding hydrogens is 332 g/mol. The second-order valence-electron chi connectivity index (χ2n) is 7.31. The fraction of sp³-hybridized carbons (Fsp3) is 0.500. The molecule has 4 nitrogen and oxygen atoms in total. The molecule has 2 heterocycles. The number of fused-ring (bicyclic) bond motifs is 1. The molecule has 1 saturated heterocycles. The minimum atomic E-state index is -0.368. The average molecular weight is 359 g/mol. The van der Waals surface area contributed by atoms with Crippen LogP contribution in [-0.2, 0) is 11.2 Å². The maximum atomic E-state index is 12.7. The number of rotatable bonds is 5. The lowest BCUT2D eigenvalue weighted by Gasteiger charge is -2.36. The van der Waals surface area contributed by atoms with E-state index in [1.54, 1.807) is 0 Å². The fourth-order valence-corrected chi connectivity index (χ4v) is 4.83. The molecule has 1 aliphatic rings. The zero-order chi connectivity index (χ0) is 18.0. The number of primary amides is 1. The third-order valence-electron chi connectivity index (χ3n) is 4.89. The van der Waals surface area contributed by atoms with Crippen molar-refractivity contribution in [2.24, 2.45) is 11.7 Å². The summed E-state index contributed by atoms with van der Waals surface area (Å²) in [4.78, 5) is 27.3. The van der Waals surface area contributed by atoms with Gasteiger partial charge in [0.15, 0.2) is 0 Å². The van der Waals surface area contributed by atoms with Crippen molar-refractivity contribution in [1.29, 1.82) is 0 Å². The summed E-state index contributed by atoms with van der Waals surface area (Å²) in [5, 5.41) is 1.10. The summed E-state index contributed by atoms with van der Waals surface area (Å²) in [5.41, 5.74) is 6.65. The first-order valence-electron chi connectivity index (χ1n) is 9.07. The van der Waals surface area contributed by atoms with Crippen LogP contribution < -0.4 is 5.73 Å². The van der Waals surface area contributed by atoms with Crippen molar-refractivity contribution in [3.05, 3.63) is 34.7 Å². The van der Waals surface area contributed by atoms with Crippen LogP contribution in [0.4, 0.5) is 0 Å². The SMILES string of the molecule is CC(C)CC(=O)N1CCCC[C@H]1Cc1c(C(N)=O)sc2ccccc12. The van der Waals surface area contributed by atoms with Gasteiger partial charge in [0.05, 0.1) is 4.88 Å². The molecule has 25 heavy (non-hydrogen) atoms. The van der Waals surface area contributed by atoms with Crippen LogP contribution in [0.1, 0.15) is 54.8 Å². The molecule has 0 aliphatic carbocycles. The molecule has 0 spiro atoms. The Labute approximate surface area is 153 Å². The molecule has 0 unspecified atom stereocenters. The molecule has 0 bridgehead atoms. The minimum Gasteiger partial charge on any atom is -0.365 e. The number of thiophene rings is 1. The van der Waals surface area contributed by atoms with Gasteiger partial charge in [0.1, 0.15) is 0 Å². The first-order chi connectivity index (χ1) is 12.0. The third-order valence-corrected chi connectivity index (χ3v) is 6.12. The van der Waals surface area contributed by atoms with Gasteiger partial charge < -0.3 is 10.6 Å². The predicted molar refractivity (Wildman–Crippen MR) is 103 cm³/mol. The maximum Gasteiger partial charge on any atom is 0.259 e. The van der Waals surface area contributed by atoms with Crippen molar-refractivity contribution in [3.63, 3.8) is 0 Å². The Hall–Kier alpha value is -1.88. The lowest BCUT2D eigenvalue weighted by molar-refractivity contribution is -0.135. The van der Waals surface area contributed by atoms with E-state index in [0.717, 1.165) is 41.5 Å². The molecule has 134 valence electrons. The number of amides is 2. The van der Waals surface area contributed by atoms with E-state index >= 15 is 0 Å². The summed E-state index contributed by atoms with van der Waals surface area (Å²) in [6.45, 7) is 4.98. The van der Waals surface area contributed by atoms with E-state index in [4.69, 9.17) is 5.73 Å². The van der Waals surface area contributed by atoms with Gasteiger partial charge >= 0.3 is 0 Å². The standard InChI is InChI=1S/C20H26N2O2S/c1-13(2)11-18(23)22-10-6-5-7-14(22)12-16-15-8-3-4-9-17(15)25-19(16)20(21)24/h3-4,8-9,13-14H,5-7,10-12H2,1-2H3,(H2,21,24)/t14-/m0/s1. The quantitative estimate of drug-likeness (QED) is 0.879. The number of hydrogen-bond donors (Lipinski definition) is 1. The number of nitrogens with two attached hydrogens (primary N) is 1. The highest BCUT2D eigenvalue weighted by molar-refractivity contribution is 7.21. The van der Waals surface area contributed by atoms with Crippen molar-refractivity contribution in [3.8, 4) is 0 Å². The van der Waals surface area contributed by atoms with Gasteiger partial charge in [0.2, 0.25) is 5.91 Å². The number of benzene rings is 1. The van der Waals surface area contributed by atoms with E-state index in [0.29, 0.717) is 23.6 Å². The second kappa shape index (κ2) is 7.56. The van der Waals surface area contributed by atoms with Crippen LogP contribution >= 0.6 is 11.3 Å². The Morgan fingerprint density at radius 3 is 2.76 bits per heavy atom. The van der Waals surface area contributed by atoms with Gasteiger partial charge in [-0.05, 0) is 48.6 Å². The summed E-state index contributed by atoms with van der Waals surface area (Å²) >= 11 is 1.46. The van der Waals surface area contributed by atoms with Gasteiger partial charge in [0.25, 0.3) is 5.91 Å². The highest BCUT2D eigenvalue weighted by Gasteiger charge is 2.29. The molecule has 2 aromatic rings. The summed E-state index contributed by atoms with van der Waals surface area (Å²) in [5.74, 6) is 0.227.